The van der Waals surface area contributed by atoms with Gasteiger partial charge in [0.15, 0.2) is 0 Å². The predicted molar refractivity (Wildman–Crippen MR) is 83.5 cm³/mol. The van der Waals surface area contributed by atoms with Crippen LogP contribution in [0, 0.1) is 6.92 Å². The van der Waals surface area contributed by atoms with E-state index in [1.54, 1.807) is 31.2 Å². The van der Waals surface area contributed by atoms with E-state index in [9.17, 15) is 9.59 Å². The van der Waals surface area contributed by atoms with Gasteiger partial charge in [-0.3, -0.25) is 9.59 Å². The first-order valence-corrected chi connectivity index (χ1v) is 6.52. The van der Waals surface area contributed by atoms with Crippen LogP contribution in [0.5, 0.6) is 0 Å². The second-order valence-corrected chi connectivity index (χ2v) is 5.06. The third kappa shape index (κ3) is 3.52. The van der Waals surface area contributed by atoms with Crippen LogP contribution in [0.4, 0.5) is 11.4 Å². The Morgan fingerprint density at radius 1 is 1.10 bits per heavy atom. The Morgan fingerprint density at radius 2 is 1.81 bits per heavy atom. The molecule has 2 amide bonds. The number of nitrogens with two attached hydrogens (primary N) is 2. The average molecular weight is 304 g/mol. The van der Waals surface area contributed by atoms with Gasteiger partial charge < -0.3 is 16.8 Å². The topological polar surface area (TPSA) is 98.2 Å². The van der Waals surface area contributed by atoms with Crippen molar-refractivity contribution in [2.24, 2.45) is 5.73 Å². The van der Waals surface area contributed by atoms with Crippen molar-refractivity contribution >= 4 is 34.8 Å². The van der Waals surface area contributed by atoms with Crippen molar-refractivity contribution in [1.29, 1.82) is 0 Å². The summed E-state index contributed by atoms with van der Waals surface area (Å²) in [4.78, 5) is 23.3. The van der Waals surface area contributed by atoms with Crippen LogP contribution in [-0.4, -0.2) is 11.8 Å². The molecular formula is C15H14ClN3O2. The van der Waals surface area contributed by atoms with E-state index in [1.165, 1.54) is 12.1 Å². The van der Waals surface area contributed by atoms with Gasteiger partial charge in [0.05, 0.1) is 0 Å². The van der Waals surface area contributed by atoms with E-state index >= 15 is 0 Å². The molecule has 2 aromatic rings. The average Bonchev–Trinajstić information content (AvgIpc) is 2.39. The molecule has 0 bridgehead atoms. The molecule has 0 saturated heterocycles. The molecule has 0 unspecified atom stereocenters. The Morgan fingerprint density at radius 3 is 2.38 bits per heavy atom. The fourth-order valence-electron chi connectivity index (χ4n) is 1.90. The minimum absolute atomic E-state index is 0.334. The Hall–Kier alpha value is -2.53. The zero-order chi connectivity index (χ0) is 15.6. The molecule has 0 atom stereocenters. The van der Waals surface area contributed by atoms with Crippen LogP contribution in [-0.2, 0) is 0 Å². The first-order valence-electron chi connectivity index (χ1n) is 6.14. The number of hydrogen-bond donors (Lipinski definition) is 3. The third-order valence-corrected chi connectivity index (χ3v) is 3.16. The zero-order valence-corrected chi connectivity index (χ0v) is 12.1. The minimum Gasteiger partial charge on any atom is -0.399 e. The maximum absolute atomic E-state index is 12.2. The molecule has 2 rings (SSSR count). The standard InChI is InChI=1S/C15H14ClN3O2/c1-8-4-9(14(18)20)2-3-13(8)19-15(21)10-5-11(16)7-12(17)6-10/h2-7H,17H2,1H3,(H2,18,20)(H,19,21). The molecule has 108 valence electrons. The lowest BCUT2D eigenvalue weighted by Crippen LogP contribution is -2.15. The van der Waals surface area contributed by atoms with Crippen LogP contribution in [0.3, 0.4) is 0 Å². The number of rotatable bonds is 3. The lowest BCUT2D eigenvalue weighted by atomic mass is 10.1. The number of amides is 2. The number of halogens is 1. The normalized spacial score (nSPS) is 10.2. The Bertz CT molecular complexity index is 709. The van der Waals surface area contributed by atoms with Crippen molar-refractivity contribution < 1.29 is 9.59 Å². The summed E-state index contributed by atoms with van der Waals surface area (Å²) in [6.45, 7) is 1.77. The summed E-state index contributed by atoms with van der Waals surface area (Å²) in [7, 11) is 0. The highest BCUT2D eigenvalue weighted by molar-refractivity contribution is 6.31. The first kappa shape index (κ1) is 14.9. The molecule has 0 aliphatic rings. The number of carbonyl (C=O) groups is 2. The van der Waals surface area contributed by atoms with E-state index in [2.05, 4.69) is 5.32 Å². The summed E-state index contributed by atoms with van der Waals surface area (Å²) in [6.07, 6.45) is 0. The van der Waals surface area contributed by atoms with Gasteiger partial charge in [-0.1, -0.05) is 11.6 Å². The molecular weight excluding hydrogens is 290 g/mol. The van der Waals surface area contributed by atoms with Gasteiger partial charge in [0.25, 0.3) is 5.91 Å². The van der Waals surface area contributed by atoms with E-state index < -0.39 is 5.91 Å². The number of nitrogens with one attached hydrogen (secondary N) is 1. The Balaban J connectivity index is 2.25. The molecule has 0 aliphatic carbocycles. The summed E-state index contributed by atoms with van der Waals surface area (Å²) in [5.74, 6) is -0.849. The number of hydrogen-bond acceptors (Lipinski definition) is 3. The van der Waals surface area contributed by atoms with Crippen molar-refractivity contribution in [1.82, 2.24) is 0 Å². The molecule has 5 nitrogen and oxygen atoms in total. The van der Waals surface area contributed by atoms with Gasteiger partial charge in [0.2, 0.25) is 5.91 Å². The molecule has 0 heterocycles. The highest BCUT2D eigenvalue weighted by Crippen LogP contribution is 2.20. The molecule has 0 fully saturated rings. The van der Waals surface area contributed by atoms with Gasteiger partial charge >= 0.3 is 0 Å². The maximum atomic E-state index is 12.2. The summed E-state index contributed by atoms with van der Waals surface area (Å²) in [6, 6.07) is 9.42. The van der Waals surface area contributed by atoms with E-state index in [0.29, 0.717) is 27.5 Å². The number of aryl methyl sites for hydroxylation is 1. The number of carbonyl (C=O) groups excluding carboxylic acids is 2. The molecule has 6 heteroatoms. The van der Waals surface area contributed by atoms with Crippen molar-refractivity contribution in [2.45, 2.75) is 6.92 Å². The van der Waals surface area contributed by atoms with Gasteiger partial charge in [-0.15, -0.1) is 0 Å². The van der Waals surface area contributed by atoms with Gasteiger partial charge in [0, 0.05) is 27.5 Å². The third-order valence-electron chi connectivity index (χ3n) is 2.94. The highest BCUT2D eigenvalue weighted by Gasteiger charge is 2.10. The second-order valence-electron chi connectivity index (χ2n) is 4.62. The van der Waals surface area contributed by atoms with E-state index in [0.717, 1.165) is 5.56 Å². The lowest BCUT2D eigenvalue weighted by Gasteiger charge is -2.10. The molecule has 0 aliphatic heterocycles. The van der Waals surface area contributed by atoms with E-state index in [1.807, 2.05) is 0 Å². The SMILES string of the molecule is Cc1cc(C(N)=O)ccc1NC(=O)c1cc(N)cc(Cl)c1. The van der Waals surface area contributed by atoms with Gasteiger partial charge in [0.1, 0.15) is 0 Å². The van der Waals surface area contributed by atoms with Gasteiger partial charge in [-0.2, -0.15) is 0 Å². The summed E-state index contributed by atoms with van der Waals surface area (Å²) < 4.78 is 0. The predicted octanol–water partition coefficient (Wildman–Crippen LogP) is 2.58. The number of primary amides is 1. The molecule has 0 saturated carbocycles. The van der Waals surface area contributed by atoms with Crippen LogP contribution in [0.1, 0.15) is 26.3 Å². The largest absolute Gasteiger partial charge is 0.399 e. The van der Waals surface area contributed by atoms with Crippen LogP contribution in [0.15, 0.2) is 36.4 Å². The summed E-state index contributed by atoms with van der Waals surface area (Å²) >= 11 is 5.87. The maximum Gasteiger partial charge on any atom is 0.255 e. The molecule has 2 aromatic carbocycles. The Kier molecular flexibility index (Phi) is 4.14. The minimum atomic E-state index is -0.515. The summed E-state index contributed by atoms with van der Waals surface area (Å²) in [5, 5.41) is 3.13. The van der Waals surface area contributed by atoms with E-state index in [-0.39, 0.29) is 5.91 Å². The van der Waals surface area contributed by atoms with Crippen LogP contribution in [0.2, 0.25) is 5.02 Å². The number of benzene rings is 2. The van der Waals surface area contributed by atoms with Gasteiger partial charge in [-0.05, 0) is 48.9 Å². The summed E-state index contributed by atoms with van der Waals surface area (Å²) in [5.41, 5.74) is 13.3. The van der Waals surface area contributed by atoms with Crippen molar-refractivity contribution in [2.75, 3.05) is 11.1 Å². The molecule has 21 heavy (non-hydrogen) atoms. The molecule has 0 spiro atoms. The first-order chi connectivity index (χ1) is 9.86. The van der Waals surface area contributed by atoms with Crippen molar-refractivity contribution in [3.8, 4) is 0 Å². The lowest BCUT2D eigenvalue weighted by molar-refractivity contribution is 0.0998. The monoisotopic (exact) mass is 303 g/mol. The van der Waals surface area contributed by atoms with Crippen LogP contribution < -0.4 is 16.8 Å². The number of anilines is 2. The molecule has 0 radical (unpaired) electrons. The molecule has 0 aromatic heterocycles. The molecule has 5 N–H and O–H groups in total. The smallest absolute Gasteiger partial charge is 0.255 e. The van der Waals surface area contributed by atoms with Crippen LogP contribution >= 0.6 is 11.6 Å². The van der Waals surface area contributed by atoms with Crippen LogP contribution in [0.25, 0.3) is 0 Å². The van der Waals surface area contributed by atoms with Gasteiger partial charge in [-0.25, -0.2) is 0 Å². The quantitative estimate of drug-likeness (QED) is 0.760. The fraction of sp³-hybridized carbons (Fsp3) is 0.0667. The van der Waals surface area contributed by atoms with Crippen molar-refractivity contribution in [3.63, 3.8) is 0 Å². The van der Waals surface area contributed by atoms with Crippen molar-refractivity contribution in [3.05, 3.63) is 58.1 Å². The fourth-order valence-corrected chi connectivity index (χ4v) is 2.14. The van der Waals surface area contributed by atoms with E-state index in [4.69, 9.17) is 23.1 Å². The second kappa shape index (κ2) is 5.85. The highest BCUT2D eigenvalue weighted by atomic mass is 35.5. The number of nitrogen functional groups attached to an aromatic ring is 1. The Labute approximate surface area is 126 Å². The zero-order valence-electron chi connectivity index (χ0n) is 11.3.